The fourth-order valence-corrected chi connectivity index (χ4v) is 4.15. The van der Waals surface area contributed by atoms with Gasteiger partial charge in [-0.25, -0.2) is 4.98 Å². The highest BCUT2D eigenvalue weighted by molar-refractivity contribution is 7.98. The molecule has 0 saturated carbocycles. The van der Waals surface area contributed by atoms with Crippen molar-refractivity contribution in [2.24, 2.45) is 0 Å². The van der Waals surface area contributed by atoms with Crippen LogP contribution in [0.15, 0.2) is 87.8 Å². The molecule has 0 saturated heterocycles. The van der Waals surface area contributed by atoms with Gasteiger partial charge < -0.3 is 4.42 Å². The van der Waals surface area contributed by atoms with Gasteiger partial charge in [0.1, 0.15) is 0 Å². The molecule has 0 unspecified atom stereocenters. The number of aromatic nitrogens is 5. The molecule has 0 bridgehead atoms. The zero-order chi connectivity index (χ0) is 20.5. The molecule has 2 aromatic carbocycles. The van der Waals surface area contributed by atoms with Crippen LogP contribution in [0.3, 0.4) is 0 Å². The summed E-state index contributed by atoms with van der Waals surface area (Å²) in [6, 6.07) is 17.3. The molecule has 0 aliphatic heterocycles. The second-order valence-electron chi connectivity index (χ2n) is 6.61. The molecule has 5 rings (SSSR count). The highest BCUT2D eigenvalue weighted by atomic mass is 32.2. The van der Waals surface area contributed by atoms with Crippen LogP contribution in [0.25, 0.3) is 28.0 Å². The second-order valence-corrected chi connectivity index (χ2v) is 7.56. The summed E-state index contributed by atoms with van der Waals surface area (Å²) in [6.07, 6.45) is 3.40. The normalized spacial score (nSPS) is 11.3. The van der Waals surface area contributed by atoms with Gasteiger partial charge in [0.15, 0.2) is 10.9 Å². The van der Waals surface area contributed by atoms with E-state index in [1.54, 1.807) is 16.8 Å². The lowest BCUT2D eigenvalue weighted by Gasteiger charge is -2.09. The van der Waals surface area contributed by atoms with Crippen LogP contribution in [-0.2, 0) is 12.3 Å². The number of allylic oxidation sites excluding steroid dienone is 1. The van der Waals surface area contributed by atoms with Gasteiger partial charge in [-0.05, 0) is 12.1 Å². The molecule has 0 amide bonds. The van der Waals surface area contributed by atoms with E-state index >= 15 is 0 Å². The summed E-state index contributed by atoms with van der Waals surface area (Å²) < 4.78 is 9.36. The lowest BCUT2D eigenvalue weighted by atomic mass is 10.2. The maximum Gasteiger partial charge on any atom is 0.263 e. The number of para-hydroxylation sites is 1. The van der Waals surface area contributed by atoms with E-state index in [-0.39, 0.29) is 5.56 Å². The Morgan fingerprint density at radius 3 is 2.70 bits per heavy atom. The van der Waals surface area contributed by atoms with Gasteiger partial charge in [-0.3, -0.25) is 13.8 Å². The Morgan fingerprint density at radius 1 is 1.07 bits per heavy atom. The maximum absolute atomic E-state index is 12.9. The molecular formula is C22H17N5O2S. The SMILES string of the molecule is C=CCn1c(=O)c2ccccc2n2c(SCc3ncc(-c4ccccc4)o3)nnc12. The number of thioether (sulfide) groups is 1. The van der Waals surface area contributed by atoms with E-state index in [1.165, 1.54) is 11.8 Å². The topological polar surface area (TPSA) is 78.2 Å². The zero-order valence-corrected chi connectivity index (χ0v) is 16.7. The number of fused-ring (bicyclic) bond motifs is 3. The molecule has 0 aliphatic rings. The smallest absolute Gasteiger partial charge is 0.263 e. The lowest BCUT2D eigenvalue weighted by Crippen LogP contribution is -2.22. The summed E-state index contributed by atoms with van der Waals surface area (Å²) in [6.45, 7) is 4.11. The first kappa shape index (κ1) is 18.4. The quantitative estimate of drug-likeness (QED) is 0.306. The van der Waals surface area contributed by atoms with E-state index in [2.05, 4.69) is 21.8 Å². The van der Waals surface area contributed by atoms with Crippen molar-refractivity contribution in [2.45, 2.75) is 17.5 Å². The number of hydrogen-bond donors (Lipinski definition) is 0. The Balaban J connectivity index is 1.52. The van der Waals surface area contributed by atoms with Gasteiger partial charge in [0.25, 0.3) is 5.56 Å². The minimum Gasteiger partial charge on any atom is -0.440 e. The first-order valence-electron chi connectivity index (χ1n) is 9.37. The molecule has 3 heterocycles. The summed E-state index contributed by atoms with van der Waals surface area (Å²) in [7, 11) is 0. The third kappa shape index (κ3) is 3.11. The van der Waals surface area contributed by atoms with Crippen molar-refractivity contribution >= 4 is 28.4 Å². The van der Waals surface area contributed by atoms with Crippen LogP contribution in [0.2, 0.25) is 0 Å². The standard InChI is InChI=1S/C22H17N5O2S/c1-2-12-26-20(28)16-10-6-7-11-17(16)27-21(26)24-25-22(27)30-14-19-23-13-18(29-19)15-8-4-3-5-9-15/h2-11,13H,1,12,14H2. The zero-order valence-electron chi connectivity index (χ0n) is 15.9. The van der Waals surface area contributed by atoms with Crippen LogP contribution >= 0.6 is 11.8 Å². The molecule has 0 N–H and O–H groups in total. The van der Waals surface area contributed by atoms with E-state index < -0.39 is 0 Å². The van der Waals surface area contributed by atoms with E-state index in [0.29, 0.717) is 34.5 Å². The predicted octanol–water partition coefficient (Wildman–Crippen LogP) is 4.18. The molecule has 0 spiro atoms. The van der Waals surface area contributed by atoms with Crippen molar-refractivity contribution in [3.63, 3.8) is 0 Å². The summed E-state index contributed by atoms with van der Waals surface area (Å²) in [5.74, 6) is 2.29. The molecule has 8 heteroatoms. The Morgan fingerprint density at radius 2 is 1.87 bits per heavy atom. The van der Waals surface area contributed by atoms with Gasteiger partial charge >= 0.3 is 0 Å². The van der Waals surface area contributed by atoms with Crippen molar-refractivity contribution in [1.29, 1.82) is 0 Å². The minimum absolute atomic E-state index is 0.109. The second kappa shape index (κ2) is 7.64. The molecule has 0 atom stereocenters. The lowest BCUT2D eigenvalue weighted by molar-refractivity contribution is 0.530. The van der Waals surface area contributed by atoms with E-state index in [1.807, 2.05) is 59.0 Å². The summed E-state index contributed by atoms with van der Waals surface area (Å²) >= 11 is 1.46. The average molecular weight is 415 g/mol. The Bertz CT molecular complexity index is 1420. The fourth-order valence-electron chi connectivity index (χ4n) is 3.36. The number of oxazole rings is 1. The molecule has 0 aliphatic carbocycles. The number of rotatable bonds is 6. The number of benzene rings is 2. The van der Waals surface area contributed by atoms with Crippen molar-refractivity contribution in [3.8, 4) is 11.3 Å². The predicted molar refractivity (Wildman–Crippen MR) is 116 cm³/mol. The molecule has 30 heavy (non-hydrogen) atoms. The Labute approximate surface area is 175 Å². The highest BCUT2D eigenvalue weighted by Crippen LogP contribution is 2.26. The van der Waals surface area contributed by atoms with Crippen molar-refractivity contribution in [3.05, 3.63) is 89.7 Å². The molecule has 0 radical (unpaired) electrons. The van der Waals surface area contributed by atoms with Crippen LogP contribution < -0.4 is 5.56 Å². The number of nitrogens with zero attached hydrogens (tertiary/aromatic N) is 5. The van der Waals surface area contributed by atoms with Crippen molar-refractivity contribution < 1.29 is 4.42 Å². The van der Waals surface area contributed by atoms with E-state index in [9.17, 15) is 4.79 Å². The molecule has 5 aromatic rings. The Hall–Kier alpha value is -3.65. The summed E-state index contributed by atoms with van der Waals surface area (Å²) in [5.41, 5.74) is 1.64. The Kier molecular flexibility index (Phi) is 4.68. The molecular weight excluding hydrogens is 398 g/mol. The molecule has 0 fully saturated rings. The average Bonchev–Trinajstić information content (AvgIpc) is 3.43. The van der Waals surface area contributed by atoms with Crippen LogP contribution in [0.4, 0.5) is 0 Å². The summed E-state index contributed by atoms with van der Waals surface area (Å²) in [4.78, 5) is 17.2. The highest BCUT2D eigenvalue weighted by Gasteiger charge is 2.17. The number of hydrogen-bond acceptors (Lipinski definition) is 6. The third-order valence-electron chi connectivity index (χ3n) is 4.73. The molecule has 3 aromatic heterocycles. The van der Waals surface area contributed by atoms with Gasteiger partial charge in [0, 0.05) is 12.1 Å². The maximum atomic E-state index is 12.9. The van der Waals surface area contributed by atoms with Crippen molar-refractivity contribution in [1.82, 2.24) is 24.1 Å². The monoisotopic (exact) mass is 415 g/mol. The van der Waals surface area contributed by atoms with Gasteiger partial charge in [-0.1, -0.05) is 60.3 Å². The fraction of sp³-hybridized carbons (Fsp3) is 0.0909. The van der Waals surface area contributed by atoms with Crippen molar-refractivity contribution in [2.75, 3.05) is 0 Å². The van der Waals surface area contributed by atoms with Gasteiger partial charge in [0.2, 0.25) is 11.7 Å². The van der Waals surface area contributed by atoms with Crippen LogP contribution in [0.1, 0.15) is 5.89 Å². The van der Waals surface area contributed by atoms with Crippen LogP contribution in [0.5, 0.6) is 0 Å². The largest absolute Gasteiger partial charge is 0.440 e. The van der Waals surface area contributed by atoms with Gasteiger partial charge in [-0.15, -0.1) is 16.8 Å². The first-order valence-corrected chi connectivity index (χ1v) is 10.4. The summed E-state index contributed by atoms with van der Waals surface area (Å²) in [5, 5.41) is 9.86. The van der Waals surface area contributed by atoms with Gasteiger partial charge in [-0.2, -0.15) is 0 Å². The molecule has 7 nitrogen and oxygen atoms in total. The molecule has 148 valence electrons. The van der Waals surface area contributed by atoms with E-state index in [0.717, 1.165) is 16.8 Å². The minimum atomic E-state index is -0.109. The van der Waals surface area contributed by atoms with Crippen LogP contribution in [-0.4, -0.2) is 24.1 Å². The van der Waals surface area contributed by atoms with Crippen LogP contribution in [0, 0.1) is 0 Å². The first-order chi connectivity index (χ1) is 14.8. The van der Waals surface area contributed by atoms with Gasteiger partial charge in [0.05, 0.1) is 22.9 Å². The third-order valence-corrected chi connectivity index (χ3v) is 5.64. The van der Waals surface area contributed by atoms with E-state index in [4.69, 9.17) is 4.42 Å².